The molecule has 2 amide bonds. The SMILES string of the molecule is COc1cc(F)cc([C@@H](CO)NC(=O)C(C)N2CCc3sc(-c4nc(Nc5ccnn5C)ncc4Cl)cc3C2=O)c1. The molecule has 14 heteroatoms. The lowest BCUT2D eigenvalue weighted by molar-refractivity contribution is -0.126. The molecule has 5 rings (SSSR count). The Morgan fingerprint density at radius 2 is 2.12 bits per heavy atom. The molecule has 4 aromatic rings. The number of halogens is 2. The van der Waals surface area contributed by atoms with Crippen molar-refractivity contribution in [1.82, 2.24) is 30.0 Å². The number of rotatable bonds is 9. The van der Waals surface area contributed by atoms with Crippen LogP contribution in [0, 0.1) is 5.82 Å². The number of anilines is 2. The van der Waals surface area contributed by atoms with Crippen molar-refractivity contribution in [2.24, 2.45) is 7.05 Å². The summed E-state index contributed by atoms with van der Waals surface area (Å²) in [6.07, 6.45) is 3.68. The first-order chi connectivity index (χ1) is 19.7. The van der Waals surface area contributed by atoms with Crippen molar-refractivity contribution in [3.63, 3.8) is 0 Å². The molecule has 1 unspecified atom stereocenters. The molecule has 3 N–H and O–H groups in total. The van der Waals surface area contributed by atoms with Gasteiger partial charge in [-0.2, -0.15) is 5.10 Å². The molecule has 2 atom stereocenters. The zero-order valence-electron chi connectivity index (χ0n) is 22.4. The van der Waals surface area contributed by atoms with Crippen molar-refractivity contribution in [1.29, 1.82) is 0 Å². The van der Waals surface area contributed by atoms with Crippen molar-refractivity contribution in [2.45, 2.75) is 25.4 Å². The van der Waals surface area contributed by atoms with Gasteiger partial charge >= 0.3 is 0 Å². The Kier molecular flexibility index (Phi) is 8.20. The van der Waals surface area contributed by atoms with E-state index >= 15 is 0 Å². The van der Waals surface area contributed by atoms with Crippen LogP contribution in [0.3, 0.4) is 0 Å². The lowest BCUT2D eigenvalue weighted by Gasteiger charge is -2.32. The molecule has 0 bridgehead atoms. The molecule has 11 nitrogen and oxygen atoms in total. The molecule has 0 radical (unpaired) electrons. The number of amides is 2. The molecule has 0 fully saturated rings. The standard InChI is InChI=1S/C27H27ClFN7O4S/c1-14(25(38)32-20(13-37)15-8-16(29)10-17(9-15)40-3)36-7-5-21-18(26(36)39)11-22(41-21)24-19(28)12-30-27(34-24)33-23-4-6-31-35(23)2/h4,6,8-12,14,20,37H,5,7,13H2,1-3H3,(H,32,38)(H,30,33,34)/t14?,20-/m1/s1. The van der Waals surface area contributed by atoms with Crippen LogP contribution in [-0.4, -0.2) is 67.9 Å². The average Bonchev–Trinajstić information content (AvgIpc) is 3.58. The van der Waals surface area contributed by atoms with E-state index in [0.29, 0.717) is 51.5 Å². The van der Waals surface area contributed by atoms with E-state index in [1.165, 1.54) is 47.7 Å². The van der Waals surface area contributed by atoms with Gasteiger partial charge < -0.3 is 25.4 Å². The molecule has 0 saturated heterocycles. The van der Waals surface area contributed by atoms with Gasteiger partial charge in [0.15, 0.2) is 0 Å². The maximum atomic E-state index is 14.0. The fraction of sp³-hybridized carbons (Fsp3) is 0.296. The summed E-state index contributed by atoms with van der Waals surface area (Å²) in [5.41, 5.74) is 1.30. The number of ether oxygens (including phenoxy) is 1. The van der Waals surface area contributed by atoms with Crippen molar-refractivity contribution in [2.75, 3.05) is 25.6 Å². The Bertz CT molecular complexity index is 1610. The van der Waals surface area contributed by atoms with Crippen LogP contribution < -0.4 is 15.4 Å². The molecule has 214 valence electrons. The minimum Gasteiger partial charge on any atom is -0.497 e. The second-order valence-electron chi connectivity index (χ2n) is 9.40. The number of aliphatic hydroxyl groups is 1. The summed E-state index contributed by atoms with van der Waals surface area (Å²) in [4.78, 5) is 38.5. The van der Waals surface area contributed by atoms with Gasteiger partial charge in [0.1, 0.15) is 29.1 Å². The number of aromatic nitrogens is 4. The summed E-state index contributed by atoms with van der Waals surface area (Å²) in [6, 6.07) is 5.74. The van der Waals surface area contributed by atoms with Gasteiger partial charge in [0.05, 0.1) is 47.6 Å². The molecular formula is C27H27ClFN7O4S. The van der Waals surface area contributed by atoms with Crippen LogP contribution in [0.4, 0.5) is 16.2 Å². The van der Waals surface area contributed by atoms with E-state index in [4.69, 9.17) is 16.3 Å². The summed E-state index contributed by atoms with van der Waals surface area (Å²) < 4.78 is 20.7. The van der Waals surface area contributed by atoms with Crippen molar-refractivity contribution in [3.05, 3.63) is 69.6 Å². The number of aliphatic hydroxyl groups excluding tert-OH is 1. The zero-order chi connectivity index (χ0) is 29.3. The van der Waals surface area contributed by atoms with Gasteiger partial charge in [-0.3, -0.25) is 14.3 Å². The molecule has 3 aromatic heterocycles. The van der Waals surface area contributed by atoms with Crippen molar-refractivity contribution in [3.8, 4) is 16.3 Å². The van der Waals surface area contributed by atoms with E-state index in [0.717, 1.165) is 4.88 Å². The molecule has 41 heavy (non-hydrogen) atoms. The number of methoxy groups -OCH3 is 1. The topological polar surface area (TPSA) is 134 Å². The Morgan fingerprint density at radius 3 is 2.83 bits per heavy atom. The molecule has 0 aliphatic carbocycles. The number of hydrogen-bond donors (Lipinski definition) is 3. The smallest absolute Gasteiger partial charge is 0.255 e. The van der Waals surface area contributed by atoms with E-state index in [9.17, 15) is 19.1 Å². The number of carbonyl (C=O) groups excluding carboxylic acids is 2. The van der Waals surface area contributed by atoms with Gasteiger partial charge in [0.25, 0.3) is 5.91 Å². The summed E-state index contributed by atoms with van der Waals surface area (Å²) in [6.45, 7) is 1.47. The number of hydrogen-bond acceptors (Lipinski definition) is 9. The van der Waals surface area contributed by atoms with Crippen LogP contribution in [-0.2, 0) is 18.3 Å². The minimum absolute atomic E-state index is 0.261. The van der Waals surface area contributed by atoms with Crippen LogP contribution in [0.5, 0.6) is 5.75 Å². The van der Waals surface area contributed by atoms with E-state index in [1.807, 2.05) is 0 Å². The number of nitrogens with one attached hydrogen (secondary N) is 2. The van der Waals surface area contributed by atoms with Gasteiger partial charge in [-0.05, 0) is 30.7 Å². The minimum atomic E-state index is -0.883. The maximum absolute atomic E-state index is 14.0. The Balaban J connectivity index is 1.33. The number of nitrogens with zero attached hydrogens (tertiary/aromatic N) is 5. The first-order valence-corrected chi connectivity index (χ1v) is 13.8. The summed E-state index contributed by atoms with van der Waals surface area (Å²) in [5, 5.41) is 20.2. The van der Waals surface area contributed by atoms with Gasteiger partial charge in [-0.1, -0.05) is 11.6 Å². The molecular weight excluding hydrogens is 573 g/mol. The third-order valence-corrected chi connectivity index (χ3v) is 8.27. The summed E-state index contributed by atoms with van der Waals surface area (Å²) in [5.74, 6) is -0.0620. The highest BCUT2D eigenvalue weighted by Gasteiger charge is 2.34. The van der Waals surface area contributed by atoms with Crippen LogP contribution >= 0.6 is 22.9 Å². The lowest BCUT2D eigenvalue weighted by Crippen LogP contribution is -2.51. The predicted molar refractivity (Wildman–Crippen MR) is 152 cm³/mol. The number of benzene rings is 1. The highest BCUT2D eigenvalue weighted by molar-refractivity contribution is 7.16. The quantitative estimate of drug-likeness (QED) is 0.265. The van der Waals surface area contributed by atoms with E-state index in [2.05, 4.69) is 25.7 Å². The first-order valence-electron chi connectivity index (χ1n) is 12.7. The van der Waals surface area contributed by atoms with Crippen molar-refractivity contribution < 1.29 is 23.8 Å². The third-order valence-electron chi connectivity index (χ3n) is 6.80. The molecule has 1 aliphatic heterocycles. The van der Waals surface area contributed by atoms with Gasteiger partial charge in [0.2, 0.25) is 11.9 Å². The van der Waals surface area contributed by atoms with Gasteiger partial charge in [0, 0.05) is 37.0 Å². The van der Waals surface area contributed by atoms with E-state index < -0.39 is 30.4 Å². The second-order valence-corrected chi connectivity index (χ2v) is 10.9. The fourth-order valence-electron chi connectivity index (χ4n) is 4.54. The van der Waals surface area contributed by atoms with Crippen LogP contribution in [0.15, 0.2) is 42.7 Å². The zero-order valence-corrected chi connectivity index (χ0v) is 24.0. The Morgan fingerprint density at radius 1 is 1.32 bits per heavy atom. The highest BCUT2D eigenvalue weighted by Crippen LogP contribution is 2.37. The molecule has 1 aliphatic rings. The maximum Gasteiger partial charge on any atom is 0.255 e. The van der Waals surface area contributed by atoms with E-state index in [-0.39, 0.29) is 11.7 Å². The summed E-state index contributed by atoms with van der Waals surface area (Å²) in [7, 11) is 3.18. The fourth-order valence-corrected chi connectivity index (χ4v) is 5.94. The summed E-state index contributed by atoms with van der Waals surface area (Å²) >= 11 is 7.86. The molecule has 0 saturated carbocycles. The van der Waals surface area contributed by atoms with E-state index in [1.54, 1.807) is 37.0 Å². The van der Waals surface area contributed by atoms with Crippen LogP contribution in [0.1, 0.15) is 33.8 Å². The predicted octanol–water partition coefficient (Wildman–Crippen LogP) is 3.72. The highest BCUT2D eigenvalue weighted by atomic mass is 35.5. The number of aryl methyl sites for hydroxylation is 1. The van der Waals surface area contributed by atoms with Gasteiger partial charge in [-0.15, -0.1) is 11.3 Å². The first kappa shape index (κ1) is 28.5. The second kappa shape index (κ2) is 11.8. The van der Waals surface area contributed by atoms with Crippen molar-refractivity contribution >= 4 is 46.5 Å². The number of carbonyl (C=O) groups is 2. The third kappa shape index (κ3) is 5.87. The number of thiophene rings is 1. The van der Waals surface area contributed by atoms with Gasteiger partial charge in [-0.25, -0.2) is 14.4 Å². The van der Waals surface area contributed by atoms with Crippen LogP contribution in [0.2, 0.25) is 5.02 Å². The lowest BCUT2D eigenvalue weighted by atomic mass is 10.0. The molecule has 0 spiro atoms. The Labute approximate surface area is 243 Å². The Hall–Kier alpha value is -4.07. The monoisotopic (exact) mass is 599 g/mol. The normalized spacial score (nSPS) is 14.4. The number of fused-ring (bicyclic) bond motifs is 1. The largest absolute Gasteiger partial charge is 0.497 e. The molecule has 1 aromatic carbocycles. The van der Waals surface area contributed by atoms with Crippen LogP contribution in [0.25, 0.3) is 10.6 Å². The molecule has 4 heterocycles. The average molecular weight is 600 g/mol.